The van der Waals surface area contributed by atoms with Crippen LogP contribution < -0.4 is 0 Å². The normalized spacial score (nSPS) is 21.3. The summed E-state index contributed by atoms with van der Waals surface area (Å²) in [6.45, 7) is 2.75. The van der Waals surface area contributed by atoms with Crippen LogP contribution in [-0.2, 0) is 28.5 Å². The van der Waals surface area contributed by atoms with Crippen molar-refractivity contribution in [2.45, 2.75) is 38.9 Å². The Kier molecular flexibility index (Phi) is 4.35. The van der Waals surface area contributed by atoms with Crippen LogP contribution in [0.5, 0.6) is 0 Å². The minimum Gasteiger partial charge on any atom is -0.482 e. The van der Waals surface area contributed by atoms with Crippen LogP contribution in [0.1, 0.15) is 61.2 Å². The Labute approximate surface area is 173 Å². The summed E-state index contributed by atoms with van der Waals surface area (Å²) in [5.41, 5.74) is 3.43. The number of carbonyl (C=O) groups excluding carboxylic acids is 2. The highest BCUT2D eigenvalue weighted by atomic mass is 16.6. The maximum atomic E-state index is 11.8. The summed E-state index contributed by atoms with van der Waals surface area (Å²) in [5.74, 6) is 1.27. The van der Waals surface area contributed by atoms with Crippen molar-refractivity contribution in [1.82, 2.24) is 0 Å². The highest BCUT2D eigenvalue weighted by Crippen LogP contribution is 2.52. The molecule has 3 aliphatic rings. The van der Waals surface area contributed by atoms with Gasteiger partial charge in [-0.1, -0.05) is 48.5 Å². The van der Waals surface area contributed by atoms with E-state index in [1.165, 1.54) is 13.8 Å². The minimum atomic E-state index is -0.425. The lowest BCUT2D eigenvalue weighted by molar-refractivity contribution is -0.136. The Morgan fingerprint density at radius 3 is 1.53 bits per heavy atom. The smallest absolute Gasteiger partial charge is 0.308 e. The predicted molar refractivity (Wildman–Crippen MR) is 107 cm³/mol. The summed E-state index contributed by atoms with van der Waals surface area (Å²) in [7, 11) is 0. The minimum absolute atomic E-state index is 0.405. The molecule has 6 heteroatoms. The standard InChI is InChI=1S/C24H20O6/c1-13(25)27-21-15-7-3-5-9-17(15)23-24-18-10-6-4-8-16(18)22(28-14(2)26)20(30-24)12-11-19(21)29-23/h3-10,23-24H,11-12H2,1-2H3/t23-,24-/m0/s1. The van der Waals surface area contributed by atoms with E-state index < -0.39 is 24.1 Å². The van der Waals surface area contributed by atoms with Crippen LogP contribution in [0.3, 0.4) is 0 Å². The summed E-state index contributed by atoms with van der Waals surface area (Å²) in [6.07, 6.45) is 0.0434. The lowest BCUT2D eigenvalue weighted by Gasteiger charge is -2.40. The third-order valence-electron chi connectivity index (χ3n) is 5.41. The lowest BCUT2D eigenvalue weighted by Crippen LogP contribution is -2.28. The molecule has 0 saturated carbocycles. The maximum absolute atomic E-state index is 11.8. The number of ether oxygens (including phenoxy) is 4. The molecule has 0 radical (unpaired) electrons. The first-order valence-corrected chi connectivity index (χ1v) is 9.88. The molecule has 3 heterocycles. The van der Waals surface area contributed by atoms with E-state index in [1.807, 2.05) is 48.5 Å². The van der Waals surface area contributed by atoms with Gasteiger partial charge in [0.2, 0.25) is 0 Å². The fourth-order valence-corrected chi connectivity index (χ4v) is 4.28. The molecule has 0 N–H and O–H groups in total. The zero-order chi connectivity index (χ0) is 20.8. The van der Waals surface area contributed by atoms with Gasteiger partial charge in [-0.3, -0.25) is 9.59 Å². The second-order valence-corrected chi connectivity index (χ2v) is 7.44. The number of fused-ring (bicyclic) bond motifs is 9. The molecule has 1 saturated heterocycles. The molecule has 2 aromatic rings. The van der Waals surface area contributed by atoms with Crippen molar-refractivity contribution in [3.8, 4) is 0 Å². The van der Waals surface area contributed by atoms with Gasteiger partial charge in [0.15, 0.2) is 23.7 Å². The van der Waals surface area contributed by atoms with Crippen LogP contribution in [-0.4, -0.2) is 11.9 Å². The Hall–Kier alpha value is -3.54. The summed E-state index contributed by atoms with van der Waals surface area (Å²) < 4.78 is 23.9. The molecule has 152 valence electrons. The van der Waals surface area contributed by atoms with Gasteiger partial charge in [0.25, 0.3) is 0 Å². The SMILES string of the molecule is CC(=O)OC1=C2CCC3=C(OC(C)=O)c4ccccc4[C@H](O3)[C@@H](O2)c2ccccc21. The molecule has 30 heavy (non-hydrogen) atoms. The first kappa shape index (κ1) is 18.5. The first-order chi connectivity index (χ1) is 14.5. The van der Waals surface area contributed by atoms with E-state index in [0.717, 1.165) is 22.3 Å². The summed E-state index contributed by atoms with van der Waals surface area (Å²) in [4.78, 5) is 23.5. The maximum Gasteiger partial charge on any atom is 0.308 e. The number of rotatable bonds is 2. The van der Waals surface area contributed by atoms with E-state index in [1.54, 1.807) is 0 Å². The van der Waals surface area contributed by atoms with Crippen LogP contribution in [0, 0.1) is 0 Å². The van der Waals surface area contributed by atoms with E-state index in [9.17, 15) is 9.59 Å². The van der Waals surface area contributed by atoms with Gasteiger partial charge < -0.3 is 18.9 Å². The highest BCUT2D eigenvalue weighted by molar-refractivity contribution is 5.81. The first-order valence-electron chi connectivity index (χ1n) is 9.88. The largest absolute Gasteiger partial charge is 0.482 e. The molecule has 2 aromatic carbocycles. The van der Waals surface area contributed by atoms with Crippen molar-refractivity contribution in [2.75, 3.05) is 0 Å². The molecule has 0 aromatic heterocycles. The van der Waals surface area contributed by atoms with Crippen LogP contribution in [0.4, 0.5) is 0 Å². The van der Waals surface area contributed by atoms with Crippen molar-refractivity contribution < 1.29 is 28.5 Å². The molecule has 1 fully saturated rings. The zero-order valence-corrected chi connectivity index (χ0v) is 16.6. The molecule has 5 rings (SSSR count). The number of esters is 2. The Morgan fingerprint density at radius 1 is 0.733 bits per heavy atom. The van der Waals surface area contributed by atoms with Crippen molar-refractivity contribution in [1.29, 1.82) is 0 Å². The molecular formula is C24H20O6. The highest BCUT2D eigenvalue weighted by Gasteiger charge is 2.43. The van der Waals surface area contributed by atoms with Crippen molar-refractivity contribution >= 4 is 23.5 Å². The third kappa shape index (κ3) is 2.96. The molecule has 0 spiro atoms. The second-order valence-electron chi connectivity index (χ2n) is 7.44. The van der Waals surface area contributed by atoms with Gasteiger partial charge in [0.05, 0.1) is 0 Å². The average molecular weight is 404 g/mol. The van der Waals surface area contributed by atoms with Gasteiger partial charge in [-0.15, -0.1) is 0 Å². The summed E-state index contributed by atoms with van der Waals surface area (Å²) in [5, 5.41) is 0. The van der Waals surface area contributed by atoms with Gasteiger partial charge in [-0.2, -0.15) is 0 Å². The molecule has 0 aliphatic carbocycles. The van der Waals surface area contributed by atoms with E-state index in [4.69, 9.17) is 18.9 Å². The van der Waals surface area contributed by atoms with Gasteiger partial charge >= 0.3 is 11.9 Å². The molecule has 0 amide bonds. The predicted octanol–water partition coefficient (Wildman–Crippen LogP) is 4.79. The number of allylic oxidation sites excluding steroid dienone is 2. The topological polar surface area (TPSA) is 71.1 Å². The summed E-state index contributed by atoms with van der Waals surface area (Å²) >= 11 is 0. The number of hydrogen-bond acceptors (Lipinski definition) is 6. The van der Waals surface area contributed by atoms with E-state index in [2.05, 4.69) is 0 Å². The average Bonchev–Trinajstić information content (AvgIpc) is 2.72. The van der Waals surface area contributed by atoms with E-state index in [-0.39, 0.29) is 0 Å². The molecule has 3 aliphatic heterocycles. The molecular weight excluding hydrogens is 384 g/mol. The summed E-state index contributed by atoms with van der Waals surface area (Å²) in [6, 6.07) is 15.4. The van der Waals surface area contributed by atoms with Crippen molar-refractivity contribution in [3.63, 3.8) is 0 Å². The van der Waals surface area contributed by atoms with Crippen LogP contribution in [0.25, 0.3) is 11.5 Å². The van der Waals surface area contributed by atoms with Gasteiger partial charge in [0, 0.05) is 48.9 Å². The molecule has 0 unspecified atom stereocenters. The van der Waals surface area contributed by atoms with Crippen LogP contribution in [0.15, 0.2) is 60.0 Å². The van der Waals surface area contributed by atoms with Gasteiger partial charge in [-0.05, 0) is 0 Å². The number of hydrogen-bond donors (Lipinski definition) is 0. The Morgan fingerprint density at radius 2 is 1.13 bits per heavy atom. The van der Waals surface area contributed by atoms with Gasteiger partial charge in [0.1, 0.15) is 11.5 Å². The van der Waals surface area contributed by atoms with Crippen LogP contribution in [0.2, 0.25) is 0 Å². The van der Waals surface area contributed by atoms with Crippen molar-refractivity contribution in [2.24, 2.45) is 0 Å². The number of benzene rings is 2. The Balaban J connectivity index is 1.72. The monoisotopic (exact) mass is 404 g/mol. The quantitative estimate of drug-likeness (QED) is 0.671. The lowest BCUT2D eigenvalue weighted by atomic mass is 9.86. The van der Waals surface area contributed by atoms with E-state index >= 15 is 0 Å². The molecule has 4 bridgehead atoms. The molecule has 6 nitrogen and oxygen atoms in total. The molecule has 2 atom stereocenters. The zero-order valence-electron chi connectivity index (χ0n) is 16.6. The second kappa shape index (κ2) is 7.06. The fraction of sp³-hybridized carbons (Fsp3) is 0.250. The fourth-order valence-electron chi connectivity index (χ4n) is 4.28. The number of carbonyl (C=O) groups is 2. The Bertz CT molecular complexity index is 1040. The van der Waals surface area contributed by atoms with Crippen molar-refractivity contribution in [3.05, 3.63) is 82.3 Å². The third-order valence-corrected chi connectivity index (χ3v) is 5.41. The van der Waals surface area contributed by atoms with E-state index in [0.29, 0.717) is 35.9 Å². The van der Waals surface area contributed by atoms with Gasteiger partial charge in [-0.25, -0.2) is 0 Å². The van der Waals surface area contributed by atoms with Crippen LogP contribution >= 0.6 is 0 Å².